The van der Waals surface area contributed by atoms with E-state index < -0.39 is 46.8 Å². The van der Waals surface area contributed by atoms with Gasteiger partial charge in [0.15, 0.2) is 17.5 Å². The Hall–Kier alpha value is -4.21. The van der Waals surface area contributed by atoms with E-state index in [1.807, 2.05) is 18.2 Å². The van der Waals surface area contributed by atoms with E-state index in [-0.39, 0.29) is 23.8 Å². The largest absolute Gasteiger partial charge is 0.326 e. The number of nitrogens with zero attached hydrogens (tertiary/aromatic N) is 2. The van der Waals surface area contributed by atoms with Gasteiger partial charge in [-0.05, 0) is 61.1 Å². The normalized spacial score (nSPS) is 22.7. The Morgan fingerprint density at radius 1 is 1.07 bits per heavy atom. The number of carbonyl (C=O) groups is 3. The Morgan fingerprint density at radius 3 is 2.65 bits per heavy atom. The number of fused-ring (bicyclic) bond motifs is 3. The lowest BCUT2D eigenvalue weighted by Crippen LogP contribution is -2.50. The van der Waals surface area contributed by atoms with Crippen LogP contribution in [0.15, 0.2) is 48.7 Å². The zero-order valence-electron chi connectivity index (χ0n) is 22.0. The molecule has 2 N–H and O–H groups in total. The molecule has 2 aliphatic heterocycles. The van der Waals surface area contributed by atoms with Crippen molar-refractivity contribution in [2.45, 2.75) is 51.0 Å². The number of halogens is 3. The quantitative estimate of drug-likeness (QED) is 0.458. The van der Waals surface area contributed by atoms with Crippen molar-refractivity contribution in [2.24, 2.45) is 5.41 Å². The number of anilines is 2. The Morgan fingerprint density at radius 2 is 1.85 bits per heavy atom. The van der Waals surface area contributed by atoms with Gasteiger partial charge in [0.25, 0.3) is 0 Å². The molecular weight excluding hydrogens is 521 g/mol. The van der Waals surface area contributed by atoms with Crippen LogP contribution in [0.1, 0.15) is 55.0 Å². The van der Waals surface area contributed by atoms with Crippen molar-refractivity contribution in [3.8, 4) is 0 Å². The predicted molar refractivity (Wildman–Crippen MR) is 141 cm³/mol. The summed E-state index contributed by atoms with van der Waals surface area (Å²) in [6.07, 6.45) is 3.28. The molecule has 6 rings (SSSR count). The summed E-state index contributed by atoms with van der Waals surface area (Å²) in [6, 6.07) is 10.2. The maximum absolute atomic E-state index is 14.7. The number of nitrogens with one attached hydrogen (secondary N) is 2. The topological polar surface area (TPSA) is 91.4 Å². The van der Waals surface area contributed by atoms with Gasteiger partial charge in [0, 0.05) is 28.4 Å². The lowest BCUT2D eigenvalue weighted by atomic mass is 9.78. The third-order valence-corrected chi connectivity index (χ3v) is 8.46. The molecular formula is C30H27F3N4O3. The smallest absolute Gasteiger partial charge is 0.244 e. The number of hydrogen-bond donors (Lipinski definition) is 2. The summed E-state index contributed by atoms with van der Waals surface area (Å²) in [5.74, 6) is -4.72. The number of rotatable bonds is 4. The molecule has 10 heteroatoms. The molecule has 40 heavy (non-hydrogen) atoms. The zero-order chi connectivity index (χ0) is 28.4. The van der Waals surface area contributed by atoms with Gasteiger partial charge in [-0.25, -0.2) is 18.2 Å². The molecule has 0 bridgehead atoms. The molecule has 3 heterocycles. The number of hydrogen-bond acceptors (Lipinski definition) is 4. The van der Waals surface area contributed by atoms with Crippen LogP contribution in [0, 0.1) is 22.9 Å². The summed E-state index contributed by atoms with van der Waals surface area (Å²) in [4.78, 5) is 45.0. The van der Waals surface area contributed by atoms with Gasteiger partial charge in [-0.2, -0.15) is 0 Å². The number of benzene rings is 2. The molecule has 2 atom stereocenters. The van der Waals surface area contributed by atoms with E-state index in [0.717, 1.165) is 28.8 Å². The standard InChI is InChI=1S/C30H27F3N4O3/c1-29(2)10-9-22(19-7-8-21(31)25(33)24(19)32)37(28(29)40)15-23(38)35-18-6-5-16-13-30(14-17(16)12-18)20-4-3-11-34-26(20)36-27(30)39/h3-8,11-12,22H,9-10,13-15H2,1-2H3,(H,35,38)(H,34,36,39)/t22-,30+/m0/s1. The monoisotopic (exact) mass is 548 g/mol. The molecule has 3 amide bonds. The van der Waals surface area contributed by atoms with Crippen LogP contribution in [0.4, 0.5) is 24.7 Å². The van der Waals surface area contributed by atoms with Gasteiger partial charge in [0.2, 0.25) is 17.7 Å². The second-order valence-electron chi connectivity index (χ2n) is 11.5. The van der Waals surface area contributed by atoms with Crippen LogP contribution in [0.5, 0.6) is 0 Å². The second-order valence-corrected chi connectivity index (χ2v) is 11.5. The summed E-state index contributed by atoms with van der Waals surface area (Å²) in [6.45, 7) is 3.08. The van der Waals surface area contributed by atoms with Crippen molar-refractivity contribution in [1.29, 1.82) is 0 Å². The van der Waals surface area contributed by atoms with E-state index in [1.165, 1.54) is 4.90 Å². The molecule has 7 nitrogen and oxygen atoms in total. The zero-order valence-corrected chi connectivity index (χ0v) is 22.0. The van der Waals surface area contributed by atoms with E-state index >= 15 is 0 Å². The number of amides is 3. The fraction of sp³-hybridized carbons (Fsp3) is 0.333. The number of pyridine rings is 1. The first-order valence-corrected chi connectivity index (χ1v) is 13.1. The van der Waals surface area contributed by atoms with E-state index in [1.54, 1.807) is 32.2 Å². The van der Waals surface area contributed by atoms with E-state index in [2.05, 4.69) is 15.6 Å². The highest BCUT2D eigenvalue weighted by Crippen LogP contribution is 2.47. The molecule has 3 aromatic rings. The molecule has 3 aliphatic rings. The Balaban J connectivity index is 1.23. The number of likely N-dealkylation sites (tertiary alicyclic amines) is 1. The summed E-state index contributed by atoms with van der Waals surface area (Å²) in [7, 11) is 0. The van der Waals surface area contributed by atoms with Gasteiger partial charge in [0.1, 0.15) is 12.4 Å². The average molecular weight is 549 g/mol. The van der Waals surface area contributed by atoms with Gasteiger partial charge in [-0.15, -0.1) is 0 Å². The van der Waals surface area contributed by atoms with Crippen molar-refractivity contribution < 1.29 is 27.6 Å². The van der Waals surface area contributed by atoms with E-state index in [4.69, 9.17) is 0 Å². The molecule has 1 fully saturated rings. The lowest BCUT2D eigenvalue weighted by molar-refractivity contribution is -0.150. The van der Waals surface area contributed by atoms with Gasteiger partial charge in [-0.3, -0.25) is 14.4 Å². The van der Waals surface area contributed by atoms with Gasteiger partial charge in [0.05, 0.1) is 11.5 Å². The van der Waals surface area contributed by atoms with Crippen LogP contribution in [-0.4, -0.2) is 34.2 Å². The highest BCUT2D eigenvalue weighted by molar-refractivity contribution is 6.06. The highest BCUT2D eigenvalue weighted by Gasteiger charge is 2.51. The Labute approximate surface area is 228 Å². The highest BCUT2D eigenvalue weighted by atomic mass is 19.2. The minimum atomic E-state index is -1.61. The molecule has 0 saturated carbocycles. The summed E-state index contributed by atoms with van der Waals surface area (Å²) in [5.41, 5.74) is 1.53. The summed E-state index contributed by atoms with van der Waals surface area (Å²) >= 11 is 0. The second kappa shape index (κ2) is 9.18. The first kappa shape index (κ1) is 26.0. The van der Waals surface area contributed by atoms with E-state index in [0.29, 0.717) is 30.8 Å². The van der Waals surface area contributed by atoms with Crippen LogP contribution in [0.25, 0.3) is 0 Å². The number of aromatic nitrogens is 1. The molecule has 206 valence electrons. The first-order chi connectivity index (χ1) is 19.0. The molecule has 0 unspecified atom stereocenters. The van der Waals surface area contributed by atoms with Crippen LogP contribution in [-0.2, 0) is 32.6 Å². The number of carbonyl (C=O) groups excluding carboxylic acids is 3. The molecule has 1 aliphatic carbocycles. The third-order valence-electron chi connectivity index (χ3n) is 8.46. The molecule has 0 radical (unpaired) electrons. The minimum Gasteiger partial charge on any atom is -0.326 e. The third kappa shape index (κ3) is 4.04. The van der Waals surface area contributed by atoms with E-state index in [9.17, 15) is 27.6 Å². The Bertz CT molecular complexity index is 1590. The Kier molecular flexibility index (Phi) is 5.97. The van der Waals surface area contributed by atoms with Crippen LogP contribution >= 0.6 is 0 Å². The fourth-order valence-corrected chi connectivity index (χ4v) is 6.29. The van der Waals surface area contributed by atoms with Gasteiger partial charge in [-0.1, -0.05) is 32.0 Å². The predicted octanol–water partition coefficient (Wildman–Crippen LogP) is 4.82. The van der Waals surface area contributed by atoms with Crippen molar-refractivity contribution in [3.05, 3.63) is 88.4 Å². The van der Waals surface area contributed by atoms with Crippen molar-refractivity contribution in [1.82, 2.24) is 9.88 Å². The fourth-order valence-electron chi connectivity index (χ4n) is 6.29. The molecule has 2 aromatic carbocycles. The van der Waals surface area contributed by atoms with Gasteiger partial charge >= 0.3 is 0 Å². The summed E-state index contributed by atoms with van der Waals surface area (Å²) < 4.78 is 42.3. The van der Waals surface area contributed by atoms with Crippen LogP contribution in [0.2, 0.25) is 0 Å². The average Bonchev–Trinajstić information content (AvgIpc) is 3.43. The van der Waals surface area contributed by atoms with Crippen molar-refractivity contribution >= 4 is 29.2 Å². The molecule has 1 saturated heterocycles. The van der Waals surface area contributed by atoms with Gasteiger partial charge < -0.3 is 15.5 Å². The maximum atomic E-state index is 14.7. The maximum Gasteiger partial charge on any atom is 0.244 e. The molecule has 1 spiro atoms. The SMILES string of the molecule is CC1(C)CC[C@@H](c2ccc(F)c(F)c2F)N(CC(=O)Nc2ccc3c(c2)C[C@@]2(C3)C(=O)Nc3ncccc32)C1=O. The lowest BCUT2D eigenvalue weighted by Gasteiger charge is -2.43. The van der Waals surface area contributed by atoms with Crippen molar-refractivity contribution in [3.63, 3.8) is 0 Å². The first-order valence-electron chi connectivity index (χ1n) is 13.1. The minimum absolute atomic E-state index is 0.107. The molecule has 1 aromatic heterocycles. The van der Waals surface area contributed by atoms with Crippen LogP contribution in [0.3, 0.4) is 0 Å². The van der Waals surface area contributed by atoms with Crippen molar-refractivity contribution in [2.75, 3.05) is 17.2 Å². The summed E-state index contributed by atoms with van der Waals surface area (Å²) in [5, 5.41) is 5.68. The number of piperidine rings is 1. The van der Waals surface area contributed by atoms with Crippen LogP contribution < -0.4 is 10.6 Å².